The van der Waals surface area contributed by atoms with Crippen molar-refractivity contribution in [3.63, 3.8) is 0 Å². The van der Waals surface area contributed by atoms with Gasteiger partial charge in [-0.25, -0.2) is 0 Å². The molecule has 18 heavy (non-hydrogen) atoms. The molecule has 1 amide bonds. The number of aryl methyl sites for hydroxylation is 2. The van der Waals surface area contributed by atoms with Crippen molar-refractivity contribution in [3.05, 3.63) is 29.3 Å². The Balaban J connectivity index is 0.00000162. The van der Waals surface area contributed by atoms with Crippen molar-refractivity contribution in [1.29, 1.82) is 0 Å². The quantitative estimate of drug-likeness (QED) is 0.862. The summed E-state index contributed by atoms with van der Waals surface area (Å²) in [7, 11) is 0. The molecule has 1 aliphatic rings. The Labute approximate surface area is 115 Å². The average Bonchev–Trinajstić information content (AvgIpc) is 2.99. The van der Waals surface area contributed by atoms with E-state index in [1.165, 1.54) is 24.0 Å². The topological polar surface area (TPSA) is 41.1 Å². The molecule has 1 aromatic rings. The van der Waals surface area contributed by atoms with Crippen LogP contribution in [0.25, 0.3) is 0 Å². The van der Waals surface area contributed by atoms with Gasteiger partial charge in [0.1, 0.15) is 0 Å². The summed E-state index contributed by atoms with van der Waals surface area (Å²) in [6.45, 7) is 5.45. The summed E-state index contributed by atoms with van der Waals surface area (Å²) in [6.07, 6.45) is 2.62. The van der Waals surface area contributed by atoms with Crippen LogP contribution in [0.15, 0.2) is 18.2 Å². The number of amides is 1. The van der Waals surface area contributed by atoms with E-state index in [4.69, 9.17) is 0 Å². The largest absolute Gasteiger partial charge is 0.325 e. The minimum absolute atomic E-state index is 0. The minimum Gasteiger partial charge on any atom is -0.325 e. The number of anilines is 1. The van der Waals surface area contributed by atoms with Crippen LogP contribution in [-0.4, -0.2) is 19.0 Å². The fourth-order valence-corrected chi connectivity index (χ4v) is 1.96. The molecule has 1 fully saturated rings. The molecule has 0 radical (unpaired) electrons. The fourth-order valence-electron chi connectivity index (χ4n) is 1.96. The van der Waals surface area contributed by atoms with Gasteiger partial charge in [-0.2, -0.15) is 0 Å². The van der Waals surface area contributed by atoms with Gasteiger partial charge in [-0.1, -0.05) is 6.07 Å². The van der Waals surface area contributed by atoms with Gasteiger partial charge in [0.05, 0.1) is 6.54 Å². The van der Waals surface area contributed by atoms with Crippen LogP contribution in [-0.2, 0) is 4.79 Å². The van der Waals surface area contributed by atoms with E-state index in [1.54, 1.807) is 0 Å². The fraction of sp³-hybridized carbons (Fsp3) is 0.500. The van der Waals surface area contributed by atoms with Crippen molar-refractivity contribution in [1.82, 2.24) is 5.32 Å². The first-order chi connectivity index (χ1) is 8.13. The molecule has 0 bridgehead atoms. The predicted molar refractivity (Wildman–Crippen MR) is 77.4 cm³/mol. The molecule has 3 nitrogen and oxygen atoms in total. The third-order valence-electron chi connectivity index (χ3n) is 2.92. The highest BCUT2D eigenvalue weighted by atomic mass is 35.5. The second-order valence-corrected chi connectivity index (χ2v) is 5.00. The van der Waals surface area contributed by atoms with Crippen LogP contribution in [0, 0.1) is 19.8 Å². The minimum atomic E-state index is 0. The summed E-state index contributed by atoms with van der Waals surface area (Å²) in [5.74, 6) is 0.847. The molecule has 100 valence electrons. The molecule has 0 spiro atoms. The Morgan fingerprint density at radius 1 is 1.22 bits per heavy atom. The Morgan fingerprint density at radius 3 is 2.39 bits per heavy atom. The van der Waals surface area contributed by atoms with Crippen LogP contribution in [0.4, 0.5) is 5.69 Å². The van der Waals surface area contributed by atoms with E-state index < -0.39 is 0 Å². The lowest BCUT2D eigenvalue weighted by molar-refractivity contribution is -0.115. The summed E-state index contributed by atoms with van der Waals surface area (Å²) in [4.78, 5) is 11.7. The van der Waals surface area contributed by atoms with E-state index in [0.29, 0.717) is 6.54 Å². The Kier molecular flexibility index (Phi) is 5.63. The van der Waals surface area contributed by atoms with Crippen LogP contribution >= 0.6 is 12.4 Å². The second kappa shape index (κ2) is 6.76. The lowest BCUT2D eigenvalue weighted by Crippen LogP contribution is -2.29. The van der Waals surface area contributed by atoms with Crippen molar-refractivity contribution in [2.75, 3.05) is 18.4 Å². The number of carbonyl (C=O) groups excluding carboxylic acids is 1. The molecule has 2 N–H and O–H groups in total. The van der Waals surface area contributed by atoms with Crippen LogP contribution in [0.2, 0.25) is 0 Å². The molecule has 2 rings (SSSR count). The Hall–Kier alpha value is -1.06. The van der Waals surface area contributed by atoms with Gasteiger partial charge in [0.15, 0.2) is 0 Å². The average molecular weight is 269 g/mol. The maximum absolute atomic E-state index is 11.7. The standard InChI is InChI=1S/C14H20N2O.ClH/c1-10-5-11(2)7-13(6-10)16-14(17)9-15-8-12-3-4-12;/h5-7,12,15H,3-4,8-9H2,1-2H3,(H,16,17);1H. The molecule has 1 aliphatic carbocycles. The van der Waals surface area contributed by atoms with E-state index in [-0.39, 0.29) is 18.3 Å². The monoisotopic (exact) mass is 268 g/mol. The molecule has 4 heteroatoms. The summed E-state index contributed by atoms with van der Waals surface area (Å²) >= 11 is 0. The van der Waals surface area contributed by atoms with Gasteiger partial charge in [0.2, 0.25) is 5.91 Å². The van der Waals surface area contributed by atoms with Gasteiger partial charge < -0.3 is 10.6 Å². The SMILES string of the molecule is Cc1cc(C)cc(NC(=O)CNCC2CC2)c1.Cl. The summed E-state index contributed by atoms with van der Waals surface area (Å²) in [6, 6.07) is 6.08. The first-order valence-corrected chi connectivity index (χ1v) is 6.22. The Bertz CT molecular complexity index is 396. The van der Waals surface area contributed by atoms with Gasteiger partial charge in [-0.3, -0.25) is 4.79 Å². The summed E-state index contributed by atoms with van der Waals surface area (Å²) in [5.41, 5.74) is 3.23. The highest BCUT2D eigenvalue weighted by Gasteiger charge is 2.20. The molecule has 0 unspecified atom stereocenters. The highest BCUT2D eigenvalue weighted by Crippen LogP contribution is 2.27. The molecular formula is C14H21ClN2O. The maximum atomic E-state index is 11.7. The number of hydrogen-bond acceptors (Lipinski definition) is 2. The van der Waals surface area contributed by atoms with E-state index >= 15 is 0 Å². The number of carbonyl (C=O) groups is 1. The zero-order valence-electron chi connectivity index (χ0n) is 11.0. The van der Waals surface area contributed by atoms with Gasteiger partial charge in [0.25, 0.3) is 0 Å². The number of nitrogens with one attached hydrogen (secondary N) is 2. The number of hydrogen-bond donors (Lipinski definition) is 2. The van der Waals surface area contributed by atoms with Gasteiger partial charge in [-0.15, -0.1) is 12.4 Å². The van der Waals surface area contributed by atoms with E-state index in [9.17, 15) is 4.79 Å². The zero-order valence-corrected chi connectivity index (χ0v) is 11.8. The van der Waals surface area contributed by atoms with Crippen molar-refractivity contribution in [2.24, 2.45) is 5.92 Å². The third-order valence-corrected chi connectivity index (χ3v) is 2.92. The summed E-state index contributed by atoms with van der Waals surface area (Å²) in [5, 5.41) is 6.10. The number of halogens is 1. The van der Waals surface area contributed by atoms with Gasteiger partial charge >= 0.3 is 0 Å². The second-order valence-electron chi connectivity index (χ2n) is 5.00. The van der Waals surface area contributed by atoms with Crippen LogP contribution in [0.1, 0.15) is 24.0 Å². The van der Waals surface area contributed by atoms with E-state index in [2.05, 4.69) is 16.7 Å². The number of rotatable bonds is 5. The van der Waals surface area contributed by atoms with E-state index in [0.717, 1.165) is 18.2 Å². The molecule has 0 aliphatic heterocycles. The Morgan fingerprint density at radius 2 is 1.83 bits per heavy atom. The van der Waals surface area contributed by atoms with Crippen molar-refractivity contribution < 1.29 is 4.79 Å². The van der Waals surface area contributed by atoms with Crippen LogP contribution in [0.3, 0.4) is 0 Å². The highest BCUT2D eigenvalue weighted by molar-refractivity contribution is 5.92. The first kappa shape index (κ1) is 15.0. The molecule has 0 atom stereocenters. The van der Waals surface area contributed by atoms with Crippen molar-refractivity contribution in [3.8, 4) is 0 Å². The van der Waals surface area contributed by atoms with Gasteiger partial charge in [-0.05, 0) is 62.4 Å². The van der Waals surface area contributed by atoms with Crippen LogP contribution < -0.4 is 10.6 Å². The molecule has 0 aromatic heterocycles. The van der Waals surface area contributed by atoms with Crippen molar-refractivity contribution >= 4 is 24.0 Å². The first-order valence-electron chi connectivity index (χ1n) is 6.22. The van der Waals surface area contributed by atoms with E-state index in [1.807, 2.05) is 26.0 Å². The van der Waals surface area contributed by atoms with Crippen molar-refractivity contribution in [2.45, 2.75) is 26.7 Å². The smallest absolute Gasteiger partial charge is 0.238 e. The summed E-state index contributed by atoms with van der Waals surface area (Å²) < 4.78 is 0. The molecular weight excluding hydrogens is 248 g/mol. The lowest BCUT2D eigenvalue weighted by atomic mass is 10.1. The normalized spacial score (nSPS) is 13.9. The molecule has 1 saturated carbocycles. The van der Waals surface area contributed by atoms with Crippen LogP contribution in [0.5, 0.6) is 0 Å². The molecule has 1 aromatic carbocycles. The zero-order chi connectivity index (χ0) is 12.3. The molecule has 0 heterocycles. The predicted octanol–water partition coefficient (Wildman–Crippen LogP) is 2.66. The lowest BCUT2D eigenvalue weighted by Gasteiger charge is -2.08. The third kappa shape index (κ3) is 5.07. The number of benzene rings is 1. The maximum Gasteiger partial charge on any atom is 0.238 e. The molecule has 0 saturated heterocycles. The van der Waals surface area contributed by atoms with Gasteiger partial charge in [0, 0.05) is 5.69 Å².